The van der Waals surface area contributed by atoms with Crippen LogP contribution in [0.2, 0.25) is 0 Å². The Hall–Kier alpha value is -1.23. The molecule has 0 N–H and O–H groups in total. The first kappa shape index (κ1) is 14.8. The van der Waals surface area contributed by atoms with E-state index in [0.717, 1.165) is 5.56 Å². The van der Waals surface area contributed by atoms with Gasteiger partial charge in [-0.15, -0.1) is 0 Å². The summed E-state index contributed by atoms with van der Waals surface area (Å²) in [6.07, 6.45) is 4.36. The molecule has 1 aliphatic heterocycles. The van der Waals surface area contributed by atoms with E-state index in [4.69, 9.17) is 14.2 Å². The van der Waals surface area contributed by atoms with Crippen LogP contribution in [-0.4, -0.2) is 12.8 Å². The summed E-state index contributed by atoms with van der Waals surface area (Å²) in [6, 6.07) is 5.43. The van der Waals surface area contributed by atoms with Gasteiger partial charge >= 0.3 is 35.5 Å². The Morgan fingerprint density at radius 2 is 2.22 bits per heavy atom. The molecule has 0 aromatic heterocycles. The summed E-state index contributed by atoms with van der Waals surface area (Å²) in [6.45, 7) is 3.91. The van der Waals surface area contributed by atoms with Crippen molar-refractivity contribution in [1.82, 2.24) is 0 Å². The Bertz CT molecular complexity index is 474. The number of fused-ring (bicyclic) bond motifs is 1. The van der Waals surface area contributed by atoms with Crippen LogP contribution >= 0.6 is 0 Å². The largest absolute Gasteiger partial charge is 1.00 e. The molecule has 0 aliphatic carbocycles. The third-order valence-corrected chi connectivity index (χ3v) is 2.19. The van der Waals surface area contributed by atoms with E-state index < -0.39 is 5.97 Å². The molecule has 1 aromatic rings. The van der Waals surface area contributed by atoms with E-state index in [9.17, 15) is 4.79 Å². The third-order valence-electron chi connectivity index (χ3n) is 2.19. The first-order chi connectivity index (χ1) is 8.29. The van der Waals surface area contributed by atoms with Crippen molar-refractivity contribution >= 4 is 5.97 Å². The maximum atomic E-state index is 11.2. The van der Waals surface area contributed by atoms with E-state index in [1.54, 1.807) is 12.1 Å². The molecule has 1 heterocycles. The van der Waals surface area contributed by atoms with E-state index in [1.165, 1.54) is 18.2 Å². The monoisotopic (exact) mass is 256 g/mol. The van der Waals surface area contributed by atoms with Crippen molar-refractivity contribution in [1.29, 1.82) is 0 Å². The van der Waals surface area contributed by atoms with Gasteiger partial charge in [0.15, 0.2) is 11.5 Å². The summed E-state index contributed by atoms with van der Waals surface area (Å²) in [7, 11) is 0. The SMILES string of the molecule is C=CC=CC(=O)OCc1ccc2c(c1)OCO2.[H-].[Na+]. The molecule has 2 rings (SSSR count). The van der Waals surface area contributed by atoms with Crippen LogP contribution in [0.1, 0.15) is 6.99 Å². The van der Waals surface area contributed by atoms with E-state index in [2.05, 4.69) is 6.58 Å². The molecule has 0 unspecified atom stereocenters. The fourth-order valence-electron chi connectivity index (χ4n) is 1.38. The standard InChI is InChI=1S/C13H12O4.Na.H/c1-2-3-4-13(14)15-8-10-5-6-11-12(7-10)17-9-16-11;;/h2-7H,1,8-9H2;;/q;+1;-1. The maximum Gasteiger partial charge on any atom is 1.00 e. The van der Waals surface area contributed by atoms with Crippen LogP contribution in [0.25, 0.3) is 0 Å². The second-order valence-electron chi connectivity index (χ2n) is 3.39. The fraction of sp³-hybridized carbons (Fsp3) is 0.154. The van der Waals surface area contributed by atoms with Gasteiger partial charge in [0.25, 0.3) is 0 Å². The number of hydrogen-bond donors (Lipinski definition) is 0. The molecule has 0 fully saturated rings. The number of benzene rings is 1. The molecule has 0 saturated heterocycles. The molecule has 5 heteroatoms. The normalized spacial score (nSPS) is 12.0. The minimum Gasteiger partial charge on any atom is -1.00 e. The molecule has 1 aliphatic rings. The number of carbonyl (C=O) groups excluding carboxylic acids is 1. The van der Waals surface area contributed by atoms with Crippen LogP contribution in [0, 0.1) is 0 Å². The molecule has 0 bridgehead atoms. The van der Waals surface area contributed by atoms with Gasteiger partial charge in [0.1, 0.15) is 6.61 Å². The fourth-order valence-corrected chi connectivity index (χ4v) is 1.38. The summed E-state index contributed by atoms with van der Waals surface area (Å²) < 4.78 is 15.4. The van der Waals surface area contributed by atoms with Crippen molar-refractivity contribution in [2.45, 2.75) is 6.61 Å². The van der Waals surface area contributed by atoms with Crippen molar-refractivity contribution in [3.8, 4) is 11.5 Å². The summed E-state index contributed by atoms with van der Waals surface area (Å²) in [5, 5.41) is 0. The zero-order chi connectivity index (χ0) is 12.1. The predicted molar refractivity (Wildman–Crippen MR) is 62.8 cm³/mol. The van der Waals surface area contributed by atoms with Gasteiger partial charge in [-0.1, -0.05) is 24.8 Å². The molecule has 0 radical (unpaired) electrons. The average Bonchev–Trinajstić information content (AvgIpc) is 2.81. The van der Waals surface area contributed by atoms with Crippen LogP contribution in [0.5, 0.6) is 11.5 Å². The average molecular weight is 256 g/mol. The number of ether oxygens (including phenoxy) is 3. The topological polar surface area (TPSA) is 44.8 Å². The van der Waals surface area contributed by atoms with Crippen LogP contribution < -0.4 is 39.0 Å². The quantitative estimate of drug-likeness (QED) is 0.310. The number of hydrogen-bond acceptors (Lipinski definition) is 4. The van der Waals surface area contributed by atoms with Crippen molar-refractivity contribution in [2.75, 3.05) is 6.79 Å². The van der Waals surface area contributed by atoms with Crippen molar-refractivity contribution in [2.24, 2.45) is 0 Å². The van der Waals surface area contributed by atoms with Crippen molar-refractivity contribution < 1.29 is 50.0 Å². The summed E-state index contributed by atoms with van der Waals surface area (Å²) in [4.78, 5) is 11.2. The Balaban J connectivity index is 0.00000162. The van der Waals surface area contributed by atoms with Gasteiger partial charge in [0, 0.05) is 6.08 Å². The maximum absolute atomic E-state index is 11.2. The molecule has 0 saturated carbocycles. The van der Waals surface area contributed by atoms with E-state index in [-0.39, 0.29) is 44.4 Å². The summed E-state index contributed by atoms with van der Waals surface area (Å²) in [5.41, 5.74) is 0.856. The Morgan fingerprint density at radius 3 is 3.00 bits per heavy atom. The van der Waals surface area contributed by atoms with Crippen LogP contribution in [0.15, 0.2) is 43.0 Å². The van der Waals surface area contributed by atoms with Crippen LogP contribution in [-0.2, 0) is 16.1 Å². The number of carbonyl (C=O) groups is 1. The zero-order valence-electron chi connectivity index (χ0n) is 11.2. The van der Waals surface area contributed by atoms with Gasteiger partial charge < -0.3 is 15.6 Å². The van der Waals surface area contributed by atoms with Gasteiger partial charge in [-0.05, 0) is 17.7 Å². The molecule has 1 aromatic carbocycles. The van der Waals surface area contributed by atoms with Crippen molar-refractivity contribution in [3.63, 3.8) is 0 Å². The Kier molecular flexibility index (Phi) is 5.98. The Morgan fingerprint density at radius 1 is 1.44 bits per heavy atom. The van der Waals surface area contributed by atoms with E-state index >= 15 is 0 Å². The van der Waals surface area contributed by atoms with Crippen molar-refractivity contribution in [3.05, 3.63) is 48.6 Å². The Labute approximate surface area is 129 Å². The second kappa shape index (κ2) is 7.26. The minimum atomic E-state index is -0.400. The third kappa shape index (κ3) is 3.91. The predicted octanol–water partition coefficient (Wildman–Crippen LogP) is -0.683. The van der Waals surface area contributed by atoms with Crippen LogP contribution in [0.4, 0.5) is 0 Å². The van der Waals surface area contributed by atoms with Gasteiger partial charge in [-0.2, -0.15) is 0 Å². The molecule has 0 amide bonds. The van der Waals surface area contributed by atoms with Gasteiger partial charge in [-0.25, -0.2) is 4.79 Å². The molecular formula is C13H13NaO4. The number of allylic oxidation sites excluding steroid dienone is 2. The molecule has 90 valence electrons. The van der Waals surface area contributed by atoms with Gasteiger partial charge in [0.05, 0.1) is 0 Å². The summed E-state index contributed by atoms with van der Waals surface area (Å²) in [5.74, 6) is 0.995. The molecular weight excluding hydrogens is 243 g/mol. The molecule has 18 heavy (non-hydrogen) atoms. The molecule has 4 nitrogen and oxygen atoms in total. The molecule has 0 atom stereocenters. The van der Waals surface area contributed by atoms with E-state index in [1.807, 2.05) is 6.07 Å². The smallest absolute Gasteiger partial charge is 1.00 e. The minimum absolute atomic E-state index is 0. The number of rotatable bonds is 4. The summed E-state index contributed by atoms with van der Waals surface area (Å²) >= 11 is 0. The second-order valence-corrected chi connectivity index (χ2v) is 3.39. The van der Waals surface area contributed by atoms with Gasteiger partial charge in [0.2, 0.25) is 6.79 Å². The number of esters is 1. The first-order valence-electron chi connectivity index (χ1n) is 5.14. The van der Waals surface area contributed by atoms with Crippen LogP contribution in [0.3, 0.4) is 0 Å². The zero-order valence-corrected chi connectivity index (χ0v) is 12.2. The van der Waals surface area contributed by atoms with Gasteiger partial charge in [-0.3, -0.25) is 0 Å². The molecule has 0 spiro atoms. The van der Waals surface area contributed by atoms with E-state index in [0.29, 0.717) is 11.5 Å². The first-order valence-corrected chi connectivity index (χ1v) is 5.14.